The lowest BCUT2D eigenvalue weighted by Crippen LogP contribution is -2.57. The van der Waals surface area contributed by atoms with Gasteiger partial charge >= 0.3 is 0 Å². The van der Waals surface area contributed by atoms with Crippen molar-refractivity contribution in [1.29, 1.82) is 0 Å². The number of rotatable bonds is 2. The molecule has 0 bridgehead atoms. The Morgan fingerprint density at radius 3 is 2.53 bits per heavy atom. The number of piperazine rings is 1. The van der Waals surface area contributed by atoms with Crippen LogP contribution in [-0.4, -0.2) is 37.6 Å². The minimum absolute atomic E-state index is 0.0429. The van der Waals surface area contributed by atoms with Gasteiger partial charge in [0.25, 0.3) is 0 Å². The Kier molecular flexibility index (Phi) is 4.05. The van der Waals surface area contributed by atoms with Crippen LogP contribution in [0.3, 0.4) is 0 Å². The lowest BCUT2D eigenvalue weighted by molar-refractivity contribution is -0.124. The van der Waals surface area contributed by atoms with Crippen LogP contribution >= 0.6 is 0 Å². The SMILES string of the molecule is CC1(C)CCC(NC(=O)C2CNCCN2)CC1. The molecule has 4 heteroatoms. The number of hydrogen-bond acceptors (Lipinski definition) is 3. The van der Waals surface area contributed by atoms with Crippen LogP contribution in [0.4, 0.5) is 0 Å². The Balaban J connectivity index is 1.75. The fourth-order valence-electron chi connectivity index (χ4n) is 2.68. The van der Waals surface area contributed by atoms with Crippen molar-refractivity contribution in [1.82, 2.24) is 16.0 Å². The monoisotopic (exact) mass is 239 g/mol. The highest BCUT2D eigenvalue weighted by Gasteiger charge is 2.29. The van der Waals surface area contributed by atoms with Gasteiger partial charge in [-0.2, -0.15) is 0 Å². The zero-order valence-corrected chi connectivity index (χ0v) is 11.0. The van der Waals surface area contributed by atoms with Crippen LogP contribution in [0.2, 0.25) is 0 Å². The standard InChI is InChI=1S/C13H25N3O/c1-13(2)5-3-10(4-6-13)16-12(17)11-9-14-7-8-15-11/h10-11,14-15H,3-9H2,1-2H3,(H,16,17). The van der Waals surface area contributed by atoms with Gasteiger partial charge < -0.3 is 16.0 Å². The molecule has 17 heavy (non-hydrogen) atoms. The number of carbonyl (C=O) groups excluding carboxylic acids is 1. The lowest BCUT2D eigenvalue weighted by Gasteiger charge is -2.35. The molecule has 1 atom stereocenters. The first-order valence-electron chi connectivity index (χ1n) is 6.81. The van der Waals surface area contributed by atoms with Gasteiger partial charge in [0.1, 0.15) is 0 Å². The molecule has 1 unspecified atom stereocenters. The van der Waals surface area contributed by atoms with Gasteiger partial charge in [0, 0.05) is 25.7 Å². The first kappa shape index (κ1) is 12.8. The van der Waals surface area contributed by atoms with Gasteiger partial charge in [0.15, 0.2) is 0 Å². The summed E-state index contributed by atoms with van der Waals surface area (Å²) in [6, 6.07) is 0.345. The molecule has 2 aliphatic rings. The van der Waals surface area contributed by atoms with Gasteiger partial charge in [-0.05, 0) is 31.1 Å². The fourth-order valence-corrected chi connectivity index (χ4v) is 2.68. The molecule has 1 heterocycles. The summed E-state index contributed by atoms with van der Waals surface area (Å²) in [6.45, 7) is 7.23. The summed E-state index contributed by atoms with van der Waals surface area (Å²) in [5, 5.41) is 9.68. The predicted octanol–water partition coefficient (Wildman–Crippen LogP) is 0.633. The van der Waals surface area contributed by atoms with Crippen molar-refractivity contribution in [2.45, 2.75) is 51.6 Å². The molecule has 0 radical (unpaired) electrons. The van der Waals surface area contributed by atoms with E-state index in [9.17, 15) is 4.79 Å². The summed E-state index contributed by atoms with van der Waals surface area (Å²) in [6.07, 6.45) is 4.68. The maximum atomic E-state index is 12.0. The average molecular weight is 239 g/mol. The third kappa shape index (κ3) is 3.68. The van der Waals surface area contributed by atoms with Crippen LogP contribution in [0.15, 0.2) is 0 Å². The van der Waals surface area contributed by atoms with Gasteiger partial charge in [-0.25, -0.2) is 0 Å². The minimum Gasteiger partial charge on any atom is -0.352 e. The van der Waals surface area contributed by atoms with E-state index >= 15 is 0 Å². The van der Waals surface area contributed by atoms with Crippen molar-refractivity contribution in [3.05, 3.63) is 0 Å². The Labute approximate surface area is 104 Å². The normalized spacial score (nSPS) is 29.9. The molecule has 4 nitrogen and oxygen atoms in total. The minimum atomic E-state index is -0.0429. The van der Waals surface area contributed by atoms with E-state index in [0.717, 1.165) is 32.5 Å². The van der Waals surface area contributed by atoms with E-state index in [0.29, 0.717) is 11.5 Å². The van der Waals surface area contributed by atoms with E-state index in [-0.39, 0.29) is 11.9 Å². The maximum absolute atomic E-state index is 12.0. The van der Waals surface area contributed by atoms with E-state index in [1.165, 1.54) is 12.8 Å². The lowest BCUT2D eigenvalue weighted by atomic mass is 9.75. The highest BCUT2D eigenvalue weighted by Crippen LogP contribution is 2.34. The van der Waals surface area contributed by atoms with Gasteiger partial charge in [0.05, 0.1) is 6.04 Å². The average Bonchev–Trinajstić information content (AvgIpc) is 2.33. The molecule has 1 aliphatic carbocycles. The molecule has 0 aromatic carbocycles. The van der Waals surface area contributed by atoms with Crippen molar-refractivity contribution in [3.63, 3.8) is 0 Å². The first-order valence-corrected chi connectivity index (χ1v) is 6.81. The number of nitrogens with one attached hydrogen (secondary N) is 3. The van der Waals surface area contributed by atoms with E-state index in [1.807, 2.05) is 0 Å². The predicted molar refractivity (Wildman–Crippen MR) is 68.8 cm³/mol. The number of carbonyl (C=O) groups is 1. The molecule has 1 aliphatic heterocycles. The summed E-state index contributed by atoms with van der Waals surface area (Å²) in [5.41, 5.74) is 0.464. The summed E-state index contributed by atoms with van der Waals surface area (Å²) in [4.78, 5) is 12.0. The van der Waals surface area contributed by atoms with Crippen molar-refractivity contribution in [3.8, 4) is 0 Å². The quantitative estimate of drug-likeness (QED) is 0.662. The van der Waals surface area contributed by atoms with Crippen LogP contribution in [0.25, 0.3) is 0 Å². The van der Waals surface area contributed by atoms with Gasteiger partial charge in [0.2, 0.25) is 5.91 Å². The summed E-state index contributed by atoms with van der Waals surface area (Å²) >= 11 is 0. The number of amides is 1. The van der Waals surface area contributed by atoms with Crippen molar-refractivity contribution >= 4 is 5.91 Å². The zero-order valence-electron chi connectivity index (χ0n) is 11.0. The van der Waals surface area contributed by atoms with Gasteiger partial charge in [-0.15, -0.1) is 0 Å². The summed E-state index contributed by atoms with van der Waals surface area (Å²) < 4.78 is 0. The molecule has 2 rings (SSSR count). The molecule has 2 fully saturated rings. The molecule has 3 N–H and O–H groups in total. The first-order chi connectivity index (χ1) is 8.07. The molecule has 98 valence electrons. The second kappa shape index (κ2) is 5.36. The van der Waals surface area contributed by atoms with E-state index in [4.69, 9.17) is 0 Å². The molecule has 0 spiro atoms. The Morgan fingerprint density at radius 1 is 1.24 bits per heavy atom. The highest BCUT2D eigenvalue weighted by molar-refractivity contribution is 5.82. The fraction of sp³-hybridized carbons (Fsp3) is 0.923. The molecular weight excluding hydrogens is 214 g/mol. The topological polar surface area (TPSA) is 53.2 Å². The van der Waals surface area contributed by atoms with Gasteiger partial charge in [-0.3, -0.25) is 4.79 Å². The molecular formula is C13H25N3O. The van der Waals surface area contributed by atoms with Crippen molar-refractivity contribution in [2.24, 2.45) is 5.41 Å². The highest BCUT2D eigenvalue weighted by atomic mass is 16.2. The third-order valence-corrected chi connectivity index (χ3v) is 4.04. The zero-order chi connectivity index (χ0) is 12.3. The Hall–Kier alpha value is -0.610. The van der Waals surface area contributed by atoms with Crippen molar-refractivity contribution < 1.29 is 4.79 Å². The van der Waals surface area contributed by atoms with Crippen LogP contribution in [0.5, 0.6) is 0 Å². The van der Waals surface area contributed by atoms with Crippen LogP contribution in [0, 0.1) is 5.41 Å². The Bertz CT molecular complexity index is 262. The van der Waals surface area contributed by atoms with E-state index in [2.05, 4.69) is 29.8 Å². The molecule has 1 amide bonds. The number of hydrogen-bond donors (Lipinski definition) is 3. The van der Waals surface area contributed by atoms with Crippen molar-refractivity contribution in [2.75, 3.05) is 19.6 Å². The summed E-state index contributed by atoms with van der Waals surface area (Å²) in [7, 11) is 0. The molecule has 1 saturated carbocycles. The Morgan fingerprint density at radius 2 is 1.94 bits per heavy atom. The molecule has 0 aromatic rings. The molecule has 1 saturated heterocycles. The smallest absolute Gasteiger partial charge is 0.238 e. The van der Waals surface area contributed by atoms with E-state index in [1.54, 1.807) is 0 Å². The van der Waals surface area contributed by atoms with Crippen LogP contribution in [-0.2, 0) is 4.79 Å². The second-order valence-electron chi connectivity index (χ2n) is 6.16. The molecule has 0 aromatic heterocycles. The third-order valence-electron chi connectivity index (χ3n) is 4.04. The summed E-state index contributed by atoms with van der Waals surface area (Å²) in [5.74, 6) is 0.168. The van der Waals surface area contributed by atoms with Gasteiger partial charge in [-0.1, -0.05) is 13.8 Å². The van der Waals surface area contributed by atoms with Crippen LogP contribution in [0.1, 0.15) is 39.5 Å². The second-order valence-corrected chi connectivity index (χ2v) is 6.16. The van der Waals surface area contributed by atoms with E-state index < -0.39 is 0 Å². The van der Waals surface area contributed by atoms with Crippen LogP contribution < -0.4 is 16.0 Å². The maximum Gasteiger partial charge on any atom is 0.238 e. The largest absolute Gasteiger partial charge is 0.352 e.